The first-order valence-electron chi connectivity index (χ1n) is 5.19. The molecule has 0 amide bonds. The highest BCUT2D eigenvalue weighted by Gasteiger charge is 2.34. The average molecular weight is 311 g/mol. The van der Waals surface area contributed by atoms with E-state index in [1.807, 2.05) is 0 Å². The number of hydrogen-bond donors (Lipinski definition) is 3. The van der Waals surface area contributed by atoms with E-state index >= 15 is 0 Å². The van der Waals surface area contributed by atoms with Gasteiger partial charge in [0.2, 0.25) is 5.96 Å². The summed E-state index contributed by atoms with van der Waals surface area (Å²) in [5, 5.41) is 0. The standard InChI is InChI=1S/C10H10F5N5O/c11-7(12)21-4-1-2-5(10(13,14)15)6(3-4)19-9(18)20-8(16)17/h1-3,7H,(H6,16,17,18,19,20). The second-order valence-corrected chi connectivity index (χ2v) is 3.56. The molecule has 21 heavy (non-hydrogen) atoms. The van der Waals surface area contributed by atoms with E-state index in [0.29, 0.717) is 12.1 Å². The van der Waals surface area contributed by atoms with Crippen LogP contribution in [0.3, 0.4) is 0 Å². The van der Waals surface area contributed by atoms with Gasteiger partial charge in [0.25, 0.3) is 0 Å². The molecule has 0 atom stereocenters. The second-order valence-electron chi connectivity index (χ2n) is 3.56. The van der Waals surface area contributed by atoms with Gasteiger partial charge >= 0.3 is 12.8 Å². The number of benzene rings is 1. The lowest BCUT2D eigenvalue weighted by Gasteiger charge is -2.12. The van der Waals surface area contributed by atoms with Crippen LogP contribution in [0, 0.1) is 0 Å². The van der Waals surface area contributed by atoms with Gasteiger partial charge in [-0.3, -0.25) is 0 Å². The minimum Gasteiger partial charge on any atom is -0.435 e. The highest BCUT2D eigenvalue weighted by Crippen LogP contribution is 2.38. The molecule has 0 saturated carbocycles. The van der Waals surface area contributed by atoms with E-state index < -0.39 is 41.7 Å². The van der Waals surface area contributed by atoms with Gasteiger partial charge in [0.05, 0.1) is 11.3 Å². The largest absolute Gasteiger partial charge is 0.435 e. The summed E-state index contributed by atoms with van der Waals surface area (Å²) in [5.74, 6) is -1.71. The summed E-state index contributed by atoms with van der Waals surface area (Å²) in [6.07, 6.45) is -4.78. The molecule has 6 nitrogen and oxygen atoms in total. The summed E-state index contributed by atoms with van der Waals surface area (Å²) in [5.41, 5.74) is 13.2. The van der Waals surface area contributed by atoms with Crippen molar-refractivity contribution < 1.29 is 26.7 Å². The van der Waals surface area contributed by atoms with Crippen molar-refractivity contribution in [1.29, 1.82) is 0 Å². The van der Waals surface area contributed by atoms with Gasteiger partial charge in [0, 0.05) is 6.07 Å². The maximum Gasteiger partial charge on any atom is 0.418 e. The van der Waals surface area contributed by atoms with E-state index in [1.165, 1.54) is 0 Å². The van der Waals surface area contributed by atoms with Crippen molar-refractivity contribution in [2.75, 3.05) is 0 Å². The molecule has 0 aliphatic carbocycles. The molecule has 1 aromatic rings. The topological polar surface area (TPSA) is 112 Å². The number of alkyl halides is 5. The molecular weight excluding hydrogens is 301 g/mol. The number of aliphatic imine (C=N–C) groups is 2. The number of guanidine groups is 2. The van der Waals surface area contributed by atoms with E-state index in [1.54, 1.807) is 0 Å². The zero-order valence-corrected chi connectivity index (χ0v) is 10.2. The van der Waals surface area contributed by atoms with E-state index in [-0.39, 0.29) is 0 Å². The van der Waals surface area contributed by atoms with Crippen molar-refractivity contribution in [3.8, 4) is 5.75 Å². The molecule has 0 bridgehead atoms. The summed E-state index contributed by atoms with van der Waals surface area (Å²) in [4.78, 5) is 6.57. The Balaban J connectivity index is 3.33. The van der Waals surface area contributed by atoms with Crippen molar-refractivity contribution in [3.63, 3.8) is 0 Å². The van der Waals surface area contributed by atoms with E-state index in [9.17, 15) is 22.0 Å². The number of halogens is 5. The molecule has 0 aliphatic rings. The molecule has 0 aliphatic heterocycles. The third-order valence-corrected chi connectivity index (χ3v) is 1.98. The predicted octanol–water partition coefficient (Wildman–Crippen LogP) is 1.53. The van der Waals surface area contributed by atoms with Gasteiger partial charge in [-0.1, -0.05) is 0 Å². The lowest BCUT2D eigenvalue weighted by molar-refractivity contribution is -0.137. The van der Waals surface area contributed by atoms with Crippen LogP contribution < -0.4 is 21.9 Å². The average Bonchev–Trinajstić information content (AvgIpc) is 2.24. The molecule has 1 aromatic carbocycles. The molecule has 11 heteroatoms. The molecule has 0 radical (unpaired) electrons. The Labute approximate surface area is 115 Å². The third-order valence-electron chi connectivity index (χ3n) is 1.98. The first kappa shape index (κ1) is 16.5. The molecular formula is C10H10F5N5O. The number of ether oxygens (including phenoxy) is 1. The van der Waals surface area contributed by atoms with Crippen LogP contribution in [-0.4, -0.2) is 18.5 Å². The monoisotopic (exact) mass is 311 g/mol. The molecule has 0 aromatic heterocycles. The van der Waals surface area contributed by atoms with Crippen molar-refractivity contribution in [3.05, 3.63) is 23.8 Å². The normalized spacial score (nSPS) is 12.4. The Morgan fingerprint density at radius 2 is 1.76 bits per heavy atom. The van der Waals surface area contributed by atoms with E-state index in [4.69, 9.17) is 17.2 Å². The minimum absolute atomic E-state index is 0.519. The first-order valence-corrected chi connectivity index (χ1v) is 5.19. The maximum atomic E-state index is 12.8. The number of rotatable bonds is 3. The van der Waals surface area contributed by atoms with E-state index in [0.717, 1.165) is 6.07 Å². The molecule has 116 valence electrons. The van der Waals surface area contributed by atoms with Gasteiger partial charge in [-0.05, 0) is 12.1 Å². The molecule has 0 spiro atoms. The summed E-state index contributed by atoms with van der Waals surface area (Å²) in [6, 6.07) is 1.90. The van der Waals surface area contributed by atoms with Gasteiger partial charge in [-0.15, -0.1) is 0 Å². The van der Waals surface area contributed by atoms with Crippen molar-refractivity contribution in [2.45, 2.75) is 12.8 Å². The molecule has 0 heterocycles. The zero-order valence-electron chi connectivity index (χ0n) is 10.2. The fraction of sp³-hybridized carbons (Fsp3) is 0.200. The lowest BCUT2D eigenvalue weighted by Crippen LogP contribution is -2.26. The Kier molecular flexibility index (Phi) is 4.89. The Bertz CT molecular complexity index is 565. The van der Waals surface area contributed by atoms with Crippen molar-refractivity contribution in [2.24, 2.45) is 27.2 Å². The van der Waals surface area contributed by atoms with Crippen LogP contribution >= 0.6 is 0 Å². The van der Waals surface area contributed by atoms with Crippen molar-refractivity contribution in [1.82, 2.24) is 0 Å². The lowest BCUT2D eigenvalue weighted by atomic mass is 10.1. The molecule has 6 N–H and O–H groups in total. The van der Waals surface area contributed by atoms with Gasteiger partial charge in [0.1, 0.15) is 5.75 Å². The maximum absolute atomic E-state index is 12.8. The summed E-state index contributed by atoms with van der Waals surface area (Å²) < 4.78 is 66.4. The summed E-state index contributed by atoms with van der Waals surface area (Å²) >= 11 is 0. The number of hydrogen-bond acceptors (Lipinski definition) is 2. The van der Waals surface area contributed by atoms with Gasteiger partial charge < -0.3 is 21.9 Å². The minimum atomic E-state index is -4.78. The fourth-order valence-electron chi connectivity index (χ4n) is 1.30. The fourth-order valence-corrected chi connectivity index (χ4v) is 1.30. The van der Waals surface area contributed by atoms with Gasteiger partial charge in [0.15, 0.2) is 5.96 Å². The van der Waals surface area contributed by atoms with Crippen LogP contribution in [0.1, 0.15) is 5.56 Å². The quantitative estimate of drug-likeness (QED) is 0.446. The molecule has 0 unspecified atom stereocenters. The second kappa shape index (κ2) is 6.24. The van der Waals surface area contributed by atoms with Crippen LogP contribution in [0.4, 0.5) is 27.6 Å². The zero-order chi connectivity index (χ0) is 16.2. The van der Waals surface area contributed by atoms with Crippen LogP contribution in [-0.2, 0) is 6.18 Å². The van der Waals surface area contributed by atoms with Crippen molar-refractivity contribution >= 4 is 17.6 Å². The molecule has 1 rings (SSSR count). The highest BCUT2D eigenvalue weighted by atomic mass is 19.4. The first-order chi connectivity index (χ1) is 9.59. The smallest absolute Gasteiger partial charge is 0.418 e. The van der Waals surface area contributed by atoms with Gasteiger partial charge in [-0.25, -0.2) is 4.99 Å². The Morgan fingerprint density at radius 3 is 2.24 bits per heavy atom. The molecule has 0 fully saturated rings. The van der Waals surface area contributed by atoms with Crippen LogP contribution in [0.5, 0.6) is 5.75 Å². The predicted molar refractivity (Wildman–Crippen MR) is 65.2 cm³/mol. The van der Waals surface area contributed by atoms with Gasteiger partial charge in [-0.2, -0.15) is 26.9 Å². The van der Waals surface area contributed by atoms with Crippen LogP contribution in [0.15, 0.2) is 28.2 Å². The van der Waals surface area contributed by atoms with Crippen LogP contribution in [0.2, 0.25) is 0 Å². The number of nitrogens with zero attached hydrogens (tertiary/aromatic N) is 2. The Hall–Kier alpha value is -2.59. The SMILES string of the molecule is NC(N)=NC(N)=Nc1cc(OC(F)F)ccc1C(F)(F)F. The Morgan fingerprint density at radius 1 is 1.14 bits per heavy atom. The highest BCUT2D eigenvalue weighted by molar-refractivity contribution is 5.93. The summed E-state index contributed by atoms with van der Waals surface area (Å²) in [7, 11) is 0. The number of nitrogens with two attached hydrogens (primary N) is 3. The van der Waals surface area contributed by atoms with Crippen LogP contribution in [0.25, 0.3) is 0 Å². The molecule has 0 saturated heterocycles. The summed E-state index contributed by atoms with van der Waals surface area (Å²) in [6.45, 7) is -3.20. The van der Waals surface area contributed by atoms with E-state index in [2.05, 4.69) is 14.7 Å². The third kappa shape index (κ3) is 5.12.